The maximum atomic E-state index is 11.5. The number of sulfone groups is 1. The smallest absolute Gasteiger partial charge is 0.246 e. The van der Waals surface area contributed by atoms with E-state index in [1.807, 2.05) is 7.05 Å². The molecule has 8 heteroatoms. The first-order valence-electron chi connectivity index (χ1n) is 8.00. The molecule has 7 nitrogen and oxygen atoms in total. The van der Waals surface area contributed by atoms with Crippen molar-refractivity contribution >= 4 is 15.7 Å². The first-order chi connectivity index (χ1) is 10.7. The van der Waals surface area contributed by atoms with Crippen LogP contribution in [0.2, 0.25) is 0 Å². The van der Waals surface area contributed by atoms with E-state index in [2.05, 4.69) is 24.1 Å². The lowest BCUT2D eigenvalue weighted by atomic mass is 10.3. The Balaban J connectivity index is 3.54. The molecule has 0 saturated heterocycles. The molecular weight excluding hydrogens is 320 g/mol. The summed E-state index contributed by atoms with van der Waals surface area (Å²) in [5.74, 6) is -0.193. The summed E-state index contributed by atoms with van der Waals surface area (Å²) < 4.78 is 33.6. The van der Waals surface area contributed by atoms with Crippen LogP contribution in [0.1, 0.15) is 27.7 Å². The van der Waals surface area contributed by atoms with E-state index in [-0.39, 0.29) is 31.5 Å². The van der Waals surface area contributed by atoms with Gasteiger partial charge in [0.1, 0.15) is 6.61 Å². The number of nitrogens with one attached hydrogen (secondary N) is 1. The lowest BCUT2D eigenvalue weighted by Gasteiger charge is -2.20. The number of likely N-dealkylation sites (N-methyl/N-ethyl adjacent to an activating group) is 1. The maximum Gasteiger partial charge on any atom is 0.246 e. The quantitative estimate of drug-likeness (QED) is 0.480. The van der Waals surface area contributed by atoms with Crippen LogP contribution >= 0.6 is 0 Å². The highest BCUT2D eigenvalue weighted by Crippen LogP contribution is 2.00. The molecule has 0 spiro atoms. The third-order valence-corrected chi connectivity index (χ3v) is 5.67. The first-order valence-corrected chi connectivity index (χ1v) is 9.72. The second-order valence-corrected chi connectivity index (χ2v) is 8.68. The Morgan fingerprint density at radius 1 is 1.09 bits per heavy atom. The SMILES string of the molecule is CC(C)N(C)CCOCC(=O)NCCOCCS(=O)(=O)C(C)C. The fourth-order valence-corrected chi connectivity index (χ4v) is 2.28. The van der Waals surface area contributed by atoms with Crippen molar-refractivity contribution in [1.82, 2.24) is 10.2 Å². The summed E-state index contributed by atoms with van der Waals surface area (Å²) in [7, 11) is -1.06. The number of carbonyl (C=O) groups excluding carboxylic acids is 1. The van der Waals surface area contributed by atoms with Crippen LogP contribution < -0.4 is 5.32 Å². The van der Waals surface area contributed by atoms with Crippen molar-refractivity contribution in [3.8, 4) is 0 Å². The average molecular weight is 352 g/mol. The molecule has 0 bridgehead atoms. The molecule has 0 aromatic heterocycles. The van der Waals surface area contributed by atoms with Crippen LogP contribution in [0.4, 0.5) is 0 Å². The Labute approximate surface area is 140 Å². The van der Waals surface area contributed by atoms with E-state index in [1.54, 1.807) is 13.8 Å². The number of hydrogen-bond acceptors (Lipinski definition) is 6. The Morgan fingerprint density at radius 2 is 1.74 bits per heavy atom. The average Bonchev–Trinajstić information content (AvgIpc) is 2.46. The van der Waals surface area contributed by atoms with Crippen LogP contribution in [0.25, 0.3) is 0 Å². The molecule has 0 aromatic carbocycles. The van der Waals surface area contributed by atoms with Gasteiger partial charge in [-0.25, -0.2) is 8.42 Å². The summed E-state index contributed by atoms with van der Waals surface area (Å²) in [5, 5.41) is 2.27. The molecule has 0 aromatic rings. The van der Waals surface area contributed by atoms with Crippen LogP contribution in [0.5, 0.6) is 0 Å². The van der Waals surface area contributed by atoms with E-state index < -0.39 is 15.1 Å². The van der Waals surface area contributed by atoms with Gasteiger partial charge in [-0.15, -0.1) is 0 Å². The molecule has 23 heavy (non-hydrogen) atoms. The zero-order valence-electron chi connectivity index (χ0n) is 15.0. The number of carbonyl (C=O) groups is 1. The van der Waals surface area contributed by atoms with Gasteiger partial charge in [-0.05, 0) is 34.7 Å². The van der Waals surface area contributed by atoms with Gasteiger partial charge >= 0.3 is 0 Å². The van der Waals surface area contributed by atoms with Crippen molar-refractivity contribution in [2.75, 3.05) is 52.3 Å². The minimum absolute atomic E-state index is 0.00505. The normalized spacial score (nSPS) is 12.3. The second kappa shape index (κ2) is 11.8. The van der Waals surface area contributed by atoms with Gasteiger partial charge in [0, 0.05) is 19.1 Å². The van der Waals surface area contributed by atoms with Crippen LogP contribution in [0.15, 0.2) is 0 Å². The van der Waals surface area contributed by atoms with Gasteiger partial charge < -0.3 is 19.7 Å². The topological polar surface area (TPSA) is 84.9 Å². The number of ether oxygens (including phenoxy) is 2. The Kier molecular flexibility index (Phi) is 11.4. The van der Waals surface area contributed by atoms with Crippen LogP contribution in [0, 0.1) is 0 Å². The standard InChI is InChI=1S/C15H32N2O5S/c1-13(2)17(5)7-9-22-12-15(18)16-6-8-21-10-11-23(19,20)14(3)4/h13-14H,6-12H2,1-5H3,(H,16,18). The molecule has 0 unspecified atom stereocenters. The second-order valence-electron chi connectivity index (χ2n) is 6.01. The Bertz CT molecular complexity index is 424. The minimum Gasteiger partial charge on any atom is -0.379 e. The van der Waals surface area contributed by atoms with Crippen molar-refractivity contribution in [2.45, 2.75) is 39.0 Å². The fourth-order valence-electron chi connectivity index (χ4n) is 1.46. The highest BCUT2D eigenvalue weighted by molar-refractivity contribution is 7.91. The summed E-state index contributed by atoms with van der Waals surface area (Å²) >= 11 is 0. The van der Waals surface area contributed by atoms with E-state index in [0.717, 1.165) is 6.54 Å². The van der Waals surface area contributed by atoms with Crippen molar-refractivity contribution < 1.29 is 22.7 Å². The molecule has 1 N–H and O–H groups in total. The van der Waals surface area contributed by atoms with Gasteiger partial charge in [0.15, 0.2) is 9.84 Å². The summed E-state index contributed by atoms with van der Waals surface area (Å²) in [5.41, 5.74) is 0. The van der Waals surface area contributed by atoms with Gasteiger partial charge in [-0.2, -0.15) is 0 Å². The van der Waals surface area contributed by atoms with Crippen molar-refractivity contribution in [2.24, 2.45) is 0 Å². The predicted molar refractivity (Wildman–Crippen MR) is 91.3 cm³/mol. The van der Waals surface area contributed by atoms with Crippen molar-refractivity contribution in [1.29, 1.82) is 0 Å². The Hall–Kier alpha value is -0.700. The van der Waals surface area contributed by atoms with Gasteiger partial charge in [0.05, 0.1) is 30.8 Å². The lowest BCUT2D eigenvalue weighted by molar-refractivity contribution is -0.126. The summed E-state index contributed by atoms with van der Waals surface area (Å²) in [6.07, 6.45) is 0. The number of nitrogens with zero attached hydrogens (tertiary/aromatic N) is 1. The third-order valence-electron chi connectivity index (χ3n) is 3.50. The molecular formula is C15H32N2O5S. The predicted octanol–water partition coefficient (Wildman–Crippen LogP) is 0.299. The van der Waals surface area contributed by atoms with E-state index in [4.69, 9.17) is 9.47 Å². The molecule has 138 valence electrons. The largest absolute Gasteiger partial charge is 0.379 e. The van der Waals surface area contributed by atoms with E-state index in [0.29, 0.717) is 19.2 Å². The molecule has 0 aliphatic carbocycles. The van der Waals surface area contributed by atoms with E-state index >= 15 is 0 Å². The van der Waals surface area contributed by atoms with Gasteiger partial charge in [-0.1, -0.05) is 0 Å². The third kappa shape index (κ3) is 11.5. The van der Waals surface area contributed by atoms with Crippen LogP contribution in [0.3, 0.4) is 0 Å². The highest BCUT2D eigenvalue weighted by atomic mass is 32.2. The molecule has 1 amide bonds. The molecule has 0 saturated carbocycles. The summed E-state index contributed by atoms with van der Waals surface area (Å²) in [4.78, 5) is 13.6. The van der Waals surface area contributed by atoms with E-state index in [1.165, 1.54) is 0 Å². The zero-order valence-corrected chi connectivity index (χ0v) is 15.8. The van der Waals surface area contributed by atoms with Crippen LogP contribution in [-0.4, -0.2) is 82.8 Å². The van der Waals surface area contributed by atoms with Gasteiger partial charge in [0.25, 0.3) is 0 Å². The molecule has 0 aliphatic rings. The maximum absolute atomic E-state index is 11.5. The monoisotopic (exact) mass is 352 g/mol. The number of hydrogen-bond donors (Lipinski definition) is 1. The van der Waals surface area contributed by atoms with Gasteiger partial charge in [-0.3, -0.25) is 4.79 Å². The zero-order chi connectivity index (χ0) is 17.9. The highest BCUT2D eigenvalue weighted by Gasteiger charge is 2.15. The van der Waals surface area contributed by atoms with Crippen LogP contribution in [-0.2, 0) is 24.1 Å². The molecule has 0 aliphatic heterocycles. The summed E-state index contributed by atoms with van der Waals surface area (Å²) in [6.45, 7) is 9.57. The number of rotatable bonds is 13. The molecule has 0 radical (unpaired) electrons. The van der Waals surface area contributed by atoms with Crippen molar-refractivity contribution in [3.63, 3.8) is 0 Å². The minimum atomic E-state index is -3.07. The fraction of sp³-hybridized carbons (Fsp3) is 0.933. The molecule has 0 heterocycles. The van der Waals surface area contributed by atoms with Gasteiger partial charge in [0.2, 0.25) is 5.91 Å². The first kappa shape index (κ1) is 22.3. The molecule has 0 atom stereocenters. The number of amides is 1. The lowest BCUT2D eigenvalue weighted by Crippen LogP contribution is -2.33. The molecule has 0 rings (SSSR count). The Morgan fingerprint density at radius 3 is 2.30 bits per heavy atom. The summed E-state index contributed by atoms with van der Waals surface area (Å²) in [6, 6.07) is 0.448. The van der Waals surface area contributed by atoms with Crippen molar-refractivity contribution in [3.05, 3.63) is 0 Å². The molecule has 0 fully saturated rings. The van der Waals surface area contributed by atoms with E-state index in [9.17, 15) is 13.2 Å².